The van der Waals surface area contributed by atoms with E-state index in [1.807, 2.05) is 0 Å². The molecule has 4 heteroatoms. The first-order chi connectivity index (χ1) is 4.11. The van der Waals surface area contributed by atoms with E-state index in [1.54, 1.807) is 0 Å². The zero-order valence-electron chi connectivity index (χ0n) is 5.04. The lowest BCUT2D eigenvalue weighted by molar-refractivity contribution is 0.876. The average molecular weight is 478 g/mol. The second-order valence-corrected chi connectivity index (χ2v) is 38.3. The van der Waals surface area contributed by atoms with Crippen LogP contribution >= 0.6 is 65.4 Å². The highest BCUT2D eigenvalue weighted by molar-refractivity contribution is 14.4. The molecule has 1 fully saturated rings. The Bertz CT molecular complexity index is 92.9. The molecule has 0 bridgehead atoms. The van der Waals surface area contributed by atoms with Crippen molar-refractivity contribution in [3.05, 3.63) is 0 Å². The maximum Gasteiger partial charge on any atom is 0.256 e. The number of hydrogen-bond donors (Lipinski definition) is 0. The summed E-state index contributed by atoms with van der Waals surface area (Å²) in [5, 5.41) is 0. The van der Waals surface area contributed by atoms with Gasteiger partial charge in [0.05, 0.1) is 0 Å². The van der Waals surface area contributed by atoms with Gasteiger partial charge in [-0.25, -0.2) is 0 Å². The van der Waals surface area contributed by atoms with Gasteiger partial charge in [-0.2, -0.15) is 0 Å². The Kier molecular flexibility index (Phi) is 4.09. The summed E-state index contributed by atoms with van der Waals surface area (Å²) in [5.74, 6) is 0. The molecule has 0 unspecified atom stereocenters. The van der Waals surface area contributed by atoms with Crippen molar-refractivity contribution in [1.29, 1.82) is 0 Å². The lowest BCUT2D eigenvalue weighted by Gasteiger charge is -2.16. The van der Waals surface area contributed by atoms with Crippen LogP contribution in [0.3, 0.4) is 0 Å². The van der Waals surface area contributed by atoms with Crippen LogP contribution in [0.25, 0.3) is 0 Å². The third-order valence-corrected chi connectivity index (χ3v) is 11.2. The molecule has 0 aromatic rings. The van der Waals surface area contributed by atoms with E-state index in [4.69, 9.17) is 0 Å². The van der Waals surface area contributed by atoms with Crippen LogP contribution in [0.2, 0.25) is 5.54 Å². The second-order valence-electron chi connectivity index (χ2n) is 2.52. The predicted molar refractivity (Wildman–Crippen MR) is 70.0 cm³/mol. The molecule has 0 aromatic heterocycles. The molecule has 1 aliphatic rings. The maximum atomic E-state index is 2.69. The summed E-state index contributed by atoms with van der Waals surface area (Å²) in [6.45, 7) is 0. The number of hydrogen-bond acceptors (Lipinski definition) is 0. The lowest BCUT2D eigenvalue weighted by Crippen LogP contribution is -2.13. The summed E-state index contributed by atoms with van der Waals surface area (Å²) in [6.07, 6.45) is 6.02. The molecule has 0 nitrogen and oxygen atoms in total. The third-order valence-electron chi connectivity index (χ3n) is 1.82. The van der Waals surface area contributed by atoms with Crippen molar-refractivity contribution in [3.8, 4) is 0 Å². The second kappa shape index (κ2) is 3.88. The summed E-state index contributed by atoms with van der Waals surface area (Å²) in [6, 6.07) is 0. The molecule has 1 rings (SSSR count). The molecule has 0 saturated heterocycles. The minimum atomic E-state index is -0.814. The van der Waals surface area contributed by atoms with Gasteiger partial charge >= 0.3 is 0 Å². The van der Waals surface area contributed by atoms with E-state index in [2.05, 4.69) is 65.4 Å². The van der Waals surface area contributed by atoms with Crippen molar-refractivity contribution in [3.63, 3.8) is 0 Å². The predicted octanol–water partition coefficient (Wildman–Crippen LogP) is 4.17. The first-order valence-corrected chi connectivity index (χ1v) is 14.6. The third kappa shape index (κ3) is 3.10. The monoisotopic (exact) mass is 478 g/mol. The Hall–Kier alpha value is 2.41. The Morgan fingerprint density at radius 3 is 1.67 bits per heavy atom. The highest BCUT2D eigenvalue weighted by Gasteiger charge is 2.35. The molecule has 0 radical (unpaired) electrons. The summed E-state index contributed by atoms with van der Waals surface area (Å²) in [4.78, 5) is 0. The van der Waals surface area contributed by atoms with Crippen LogP contribution in [-0.4, -0.2) is 0.564 Å². The molecule has 0 heterocycles. The quantitative estimate of drug-likeness (QED) is 0.302. The molecule has 0 N–H and O–H groups in total. The molecule has 1 aliphatic carbocycles. The van der Waals surface area contributed by atoms with Gasteiger partial charge in [0, 0.05) is 0 Å². The fourth-order valence-electron chi connectivity index (χ4n) is 1.25. The zero-order chi connectivity index (χ0) is 6.91. The van der Waals surface area contributed by atoms with Crippen LogP contribution < -0.4 is 0 Å². The van der Waals surface area contributed by atoms with Crippen LogP contribution in [0.1, 0.15) is 25.7 Å². The summed E-state index contributed by atoms with van der Waals surface area (Å²) >= 11 is 8.07. The van der Waals surface area contributed by atoms with Crippen molar-refractivity contribution in [2.75, 3.05) is 0 Å². The van der Waals surface area contributed by atoms with E-state index in [0.29, 0.717) is 0 Å². The lowest BCUT2D eigenvalue weighted by atomic mass is 10.4. The molecule has 0 spiro atoms. The molecule has 0 amide bonds. The Morgan fingerprint density at radius 2 is 1.44 bits per heavy atom. The Morgan fingerprint density at radius 1 is 1.00 bits per heavy atom. The normalized spacial score (nSPS) is 23.0. The van der Waals surface area contributed by atoms with Gasteiger partial charge in [0.15, 0.2) is 0 Å². The van der Waals surface area contributed by atoms with Crippen molar-refractivity contribution < 1.29 is 0 Å². The van der Waals surface area contributed by atoms with Gasteiger partial charge in [-0.15, -0.1) is 0 Å². The minimum Gasteiger partial charge on any atom is -0.0907 e. The van der Waals surface area contributed by atoms with Crippen molar-refractivity contribution in [1.82, 2.24) is 0 Å². The highest BCUT2D eigenvalue weighted by atomic mass is 127. The standard InChI is InChI=1S/C5H9I3Si/c6-9(7,8)5-3-1-2-4-5/h5H,1-4H2. The first-order valence-electron chi connectivity index (χ1n) is 3.17. The van der Waals surface area contributed by atoms with E-state index < -0.39 is 0.564 Å². The van der Waals surface area contributed by atoms with Gasteiger partial charge in [-0.05, 0) is 5.54 Å². The van der Waals surface area contributed by atoms with Gasteiger partial charge in [0.25, 0.3) is 0.564 Å². The summed E-state index contributed by atoms with van der Waals surface area (Å²) in [7, 11) is 0. The SMILES string of the molecule is I[Si](I)(I)C1CCCC1. The summed E-state index contributed by atoms with van der Waals surface area (Å²) < 4.78 is -0.814. The van der Waals surface area contributed by atoms with Crippen molar-refractivity contribution in [2.24, 2.45) is 0 Å². The maximum absolute atomic E-state index is 2.69. The van der Waals surface area contributed by atoms with Crippen LogP contribution in [-0.2, 0) is 0 Å². The molecular formula is C5H9I3Si. The van der Waals surface area contributed by atoms with Crippen LogP contribution in [0.4, 0.5) is 0 Å². The zero-order valence-corrected chi connectivity index (χ0v) is 12.5. The van der Waals surface area contributed by atoms with Crippen LogP contribution in [0.15, 0.2) is 0 Å². The van der Waals surface area contributed by atoms with Gasteiger partial charge < -0.3 is 0 Å². The molecule has 0 aliphatic heterocycles. The van der Waals surface area contributed by atoms with Crippen LogP contribution in [0.5, 0.6) is 0 Å². The smallest absolute Gasteiger partial charge is 0.0907 e. The largest absolute Gasteiger partial charge is 0.256 e. The molecule has 9 heavy (non-hydrogen) atoms. The van der Waals surface area contributed by atoms with Crippen LogP contribution in [0, 0.1) is 0 Å². The fraction of sp³-hybridized carbons (Fsp3) is 1.00. The Labute approximate surface area is 95.6 Å². The van der Waals surface area contributed by atoms with E-state index >= 15 is 0 Å². The highest BCUT2D eigenvalue weighted by Crippen LogP contribution is 2.49. The van der Waals surface area contributed by atoms with Crippen molar-refractivity contribution >= 4 is 66.0 Å². The van der Waals surface area contributed by atoms with Gasteiger partial charge in [0.1, 0.15) is 0 Å². The molecular weight excluding hydrogens is 469 g/mol. The van der Waals surface area contributed by atoms with Gasteiger partial charge in [-0.3, -0.25) is 0 Å². The molecule has 54 valence electrons. The van der Waals surface area contributed by atoms with E-state index in [-0.39, 0.29) is 0 Å². The van der Waals surface area contributed by atoms with Gasteiger partial charge in [-0.1, -0.05) is 91.1 Å². The van der Waals surface area contributed by atoms with Gasteiger partial charge in [0.2, 0.25) is 0 Å². The number of halogens is 3. The Balaban J connectivity index is 2.42. The first kappa shape index (κ1) is 9.49. The minimum absolute atomic E-state index is 0.814. The number of rotatable bonds is 1. The van der Waals surface area contributed by atoms with E-state index in [9.17, 15) is 0 Å². The average Bonchev–Trinajstić information content (AvgIpc) is 2.08. The van der Waals surface area contributed by atoms with E-state index in [1.165, 1.54) is 25.7 Å². The van der Waals surface area contributed by atoms with E-state index in [0.717, 1.165) is 5.54 Å². The summed E-state index contributed by atoms with van der Waals surface area (Å²) in [5.41, 5.74) is 1.11. The molecule has 0 aromatic carbocycles. The molecule has 1 saturated carbocycles. The fourth-order valence-corrected chi connectivity index (χ4v) is 7.92. The van der Waals surface area contributed by atoms with Crippen molar-refractivity contribution in [2.45, 2.75) is 31.2 Å². The topological polar surface area (TPSA) is 0 Å². The molecule has 0 atom stereocenters.